The van der Waals surface area contributed by atoms with E-state index in [1.54, 1.807) is 6.07 Å². The van der Waals surface area contributed by atoms with Crippen molar-refractivity contribution in [1.82, 2.24) is 0 Å². The van der Waals surface area contributed by atoms with E-state index in [0.717, 1.165) is 29.5 Å². The lowest BCUT2D eigenvalue weighted by molar-refractivity contribution is 0.304. The third-order valence-electron chi connectivity index (χ3n) is 3.59. The lowest BCUT2D eigenvalue weighted by atomic mass is 10.1. The number of hydrogen-bond donors (Lipinski definition) is 2. The van der Waals surface area contributed by atoms with Gasteiger partial charge < -0.3 is 15.6 Å². The first-order valence-corrected chi connectivity index (χ1v) is 6.52. The Labute approximate surface area is 112 Å². The first-order chi connectivity index (χ1) is 9.24. The molecule has 0 fully saturated rings. The molecule has 0 spiro atoms. The molecular formula is C16H17NO2. The molecule has 0 aliphatic heterocycles. The van der Waals surface area contributed by atoms with Crippen LogP contribution in [0.4, 0.5) is 0 Å². The molecule has 0 amide bonds. The average molecular weight is 255 g/mol. The summed E-state index contributed by atoms with van der Waals surface area (Å²) in [6, 6.07) is 13.6. The van der Waals surface area contributed by atoms with Crippen molar-refractivity contribution in [3.05, 3.63) is 59.2 Å². The first kappa shape index (κ1) is 12.1. The summed E-state index contributed by atoms with van der Waals surface area (Å²) >= 11 is 0. The number of phenols is 1. The van der Waals surface area contributed by atoms with Gasteiger partial charge in [0.15, 0.2) is 0 Å². The van der Waals surface area contributed by atoms with Crippen LogP contribution in [0.25, 0.3) is 0 Å². The maximum atomic E-state index is 9.99. The highest BCUT2D eigenvalue weighted by Gasteiger charge is 2.23. The number of hydrogen-bond acceptors (Lipinski definition) is 3. The summed E-state index contributed by atoms with van der Waals surface area (Å²) in [5.74, 6) is 0.978. The molecule has 3 heteroatoms. The van der Waals surface area contributed by atoms with Crippen molar-refractivity contribution in [2.75, 3.05) is 0 Å². The van der Waals surface area contributed by atoms with Gasteiger partial charge in [0.1, 0.15) is 18.1 Å². The highest BCUT2D eigenvalue weighted by molar-refractivity contribution is 5.49. The minimum absolute atomic E-state index is 0.0150. The Bertz CT molecular complexity index is 581. The smallest absolute Gasteiger partial charge is 0.123 e. The van der Waals surface area contributed by atoms with Gasteiger partial charge in [0, 0.05) is 12.1 Å². The summed E-state index contributed by atoms with van der Waals surface area (Å²) in [7, 11) is 0. The van der Waals surface area contributed by atoms with Crippen molar-refractivity contribution in [2.45, 2.75) is 25.5 Å². The van der Waals surface area contributed by atoms with E-state index < -0.39 is 0 Å². The highest BCUT2D eigenvalue weighted by Crippen LogP contribution is 2.38. The fourth-order valence-electron chi connectivity index (χ4n) is 2.53. The van der Waals surface area contributed by atoms with E-state index in [2.05, 4.69) is 0 Å². The quantitative estimate of drug-likeness (QED) is 0.886. The second-order valence-corrected chi connectivity index (χ2v) is 4.93. The summed E-state index contributed by atoms with van der Waals surface area (Å²) < 4.78 is 5.73. The molecule has 0 aromatic heterocycles. The third-order valence-corrected chi connectivity index (χ3v) is 3.59. The van der Waals surface area contributed by atoms with Crippen molar-refractivity contribution < 1.29 is 9.84 Å². The normalized spacial score (nSPS) is 17.2. The summed E-state index contributed by atoms with van der Waals surface area (Å²) in [5.41, 5.74) is 9.12. The molecule has 0 saturated carbocycles. The van der Waals surface area contributed by atoms with Crippen molar-refractivity contribution in [3.8, 4) is 11.5 Å². The van der Waals surface area contributed by atoms with Crippen LogP contribution in [0.2, 0.25) is 0 Å². The van der Waals surface area contributed by atoms with Gasteiger partial charge >= 0.3 is 0 Å². The number of benzene rings is 2. The minimum atomic E-state index is 0.0150. The van der Waals surface area contributed by atoms with E-state index in [9.17, 15) is 5.11 Å². The number of rotatable bonds is 3. The van der Waals surface area contributed by atoms with E-state index >= 15 is 0 Å². The lowest BCUT2D eigenvalue weighted by Crippen LogP contribution is -2.05. The fourth-order valence-corrected chi connectivity index (χ4v) is 2.53. The Morgan fingerprint density at radius 2 is 2.00 bits per heavy atom. The van der Waals surface area contributed by atoms with Crippen LogP contribution in [0, 0.1) is 0 Å². The molecular weight excluding hydrogens is 238 g/mol. The fraction of sp³-hybridized carbons (Fsp3) is 0.250. The molecule has 3 nitrogen and oxygen atoms in total. The summed E-state index contributed by atoms with van der Waals surface area (Å²) in [6.45, 7) is 0.494. The number of fused-ring (bicyclic) bond motifs is 1. The van der Waals surface area contributed by atoms with Crippen molar-refractivity contribution in [1.29, 1.82) is 0 Å². The first-order valence-electron chi connectivity index (χ1n) is 6.52. The SMILES string of the molecule is N[C@H]1CCc2c(O)cc(OCc3ccccc3)cc21. The van der Waals surface area contributed by atoms with Gasteiger partial charge in [-0.2, -0.15) is 0 Å². The third kappa shape index (κ3) is 2.42. The molecule has 0 unspecified atom stereocenters. The molecule has 98 valence electrons. The molecule has 0 heterocycles. The zero-order chi connectivity index (χ0) is 13.2. The van der Waals surface area contributed by atoms with Crippen LogP contribution in [-0.2, 0) is 13.0 Å². The topological polar surface area (TPSA) is 55.5 Å². The van der Waals surface area contributed by atoms with Crippen LogP contribution >= 0.6 is 0 Å². The monoisotopic (exact) mass is 255 g/mol. The van der Waals surface area contributed by atoms with E-state index in [0.29, 0.717) is 18.1 Å². The molecule has 0 radical (unpaired) electrons. The van der Waals surface area contributed by atoms with Crippen LogP contribution in [-0.4, -0.2) is 5.11 Å². The Balaban J connectivity index is 1.79. The van der Waals surface area contributed by atoms with Gasteiger partial charge in [-0.15, -0.1) is 0 Å². The maximum Gasteiger partial charge on any atom is 0.123 e. The molecule has 1 aliphatic carbocycles. The van der Waals surface area contributed by atoms with Gasteiger partial charge in [0.2, 0.25) is 0 Å². The number of ether oxygens (including phenoxy) is 1. The van der Waals surface area contributed by atoms with Gasteiger partial charge in [-0.25, -0.2) is 0 Å². The summed E-state index contributed by atoms with van der Waals surface area (Å²) in [6.07, 6.45) is 1.74. The van der Waals surface area contributed by atoms with Gasteiger partial charge in [-0.1, -0.05) is 30.3 Å². The average Bonchev–Trinajstić information content (AvgIpc) is 2.80. The Morgan fingerprint density at radius 1 is 1.21 bits per heavy atom. The van der Waals surface area contributed by atoms with E-state index in [1.165, 1.54) is 0 Å². The van der Waals surface area contributed by atoms with Crippen molar-refractivity contribution in [2.24, 2.45) is 5.73 Å². The molecule has 1 atom stereocenters. The standard InChI is InChI=1S/C16H17NO2/c17-15-7-6-13-14(15)8-12(9-16(13)18)19-10-11-4-2-1-3-5-11/h1-5,8-9,15,18H,6-7,10,17H2/t15-/m0/s1. The molecule has 3 N–H and O–H groups in total. The summed E-state index contributed by atoms with van der Waals surface area (Å²) in [5, 5.41) is 9.99. The Hall–Kier alpha value is -2.00. The van der Waals surface area contributed by atoms with Gasteiger partial charge in [0.25, 0.3) is 0 Å². The number of phenolic OH excluding ortho intramolecular Hbond substituents is 1. The van der Waals surface area contributed by atoms with E-state index in [4.69, 9.17) is 10.5 Å². The predicted molar refractivity (Wildman–Crippen MR) is 74.1 cm³/mol. The van der Waals surface area contributed by atoms with Gasteiger partial charge in [-0.3, -0.25) is 0 Å². The minimum Gasteiger partial charge on any atom is -0.508 e. The molecule has 3 rings (SSSR count). The molecule has 1 aliphatic rings. The molecule has 2 aromatic rings. The van der Waals surface area contributed by atoms with Crippen LogP contribution in [0.3, 0.4) is 0 Å². The zero-order valence-electron chi connectivity index (χ0n) is 10.7. The Morgan fingerprint density at radius 3 is 2.79 bits per heavy atom. The second-order valence-electron chi connectivity index (χ2n) is 4.93. The highest BCUT2D eigenvalue weighted by atomic mass is 16.5. The van der Waals surface area contributed by atoms with E-state index in [1.807, 2.05) is 36.4 Å². The lowest BCUT2D eigenvalue weighted by Gasteiger charge is -2.11. The molecule has 0 saturated heterocycles. The molecule has 2 aromatic carbocycles. The van der Waals surface area contributed by atoms with Crippen molar-refractivity contribution >= 4 is 0 Å². The molecule has 0 bridgehead atoms. The van der Waals surface area contributed by atoms with E-state index in [-0.39, 0.29) is 6.04 Å². The van der Waals surface area contributed by atoms with Crippen LogP contribution in [0.5, 0.6) is 11.5 Å². The zero-order valence-corrected chi connectivity index (χ0v) is 10.7. The predicted octanol–water partition coefficient (Wildman–Crippen LogP) is 2.92. The van der Waals surface area contributed by atoms with Crippen LogP contribution < -0.4 is 10.5 Å². The van der Waals surface area contributed by atoms with Crippen LogP contribution in [0.15, 0.2) is 42.5 Å². The maximum absolute atomic E-state index is 9.99. The van der Waals surface area contributed by atoms with Gasteiger partial charge in [0.05, 0.1) is 0 Å². The molecule has 19 heavy (non-hydrogen) atoms. The second kappa shape index (κ2) is 4.94. The number of aromatic hydroxyl groups is 1. The number of nitrogens with two attached hydrogens (primary N) is 1. The largest absolute Gasteiger partial charge is 0.508 e. The van der Waals surface area contributed by atoms with Crippen LogP contribution in [0.1, 0.15) is 29.2 Å². The Kier molecular flexibility index (Phi) is 3.13. The van der Waals surface area contributed by atoms with Gasteiger partial charge in [-0.05, 0) is 35.6 Å². The summed E-state index contributed by atoms with van der Waals surface area (Å²) in [4.78, 5) is 0. The van der Waals surface area contributed by atoms with Crippen molar-refractivity contribution in [3.63, 3.8) is 0 Å².